The number of hydrogen-bond acceptors (Lipinski definition) is 9. The molecule has 2 aromatic heterocycles. The number of cyclic esters (lactones) is 1. The number of aryl methyl sites for hydroxylation is 1. The lowest BCUT2D eigenvalue weighted by molar-refractivity contribution is -0.170. The maximum atomic E-state index is 13.4. The molecule has 10 heteroatoms. The second kappa shape index (κ2) is 12.3. The SMILES string of the molecule is CCCCC.CCc1c2c(nc3ccc(OC(=O)OC(C)(C)C)cc13)-c1cc3c(c(=O)n1C2)COC(=O)[C@H]3OC(C)=O. The molecule has 0 unspecified atom stereocenters. The second-order valence-corrected chi connectivity index (χ2v) is 11.3. The molecule has 224 valence electrons. The van der Waals surface area contributed by atoms with Crippen molar-refractivity contribution in [2.24, 2.45) is 0 Å². The largest absolute Gasteiger partial charge is 0.514 e. The van der Waals surface area contributed by atoms with Crippen LogP contribution in [0.1, 0.15) is 96.1 Å². The molecule has 42 heavy (non-hydrogen) atoms. The van der Waals surface area contributed by atoms with Crippen molar-refractivity contribution in [1.29, 1.82) is 0 Å². The van der Waals surface area contributed by atoms with Gasteiger partial charge in [-0.15, -0.1) is 0 Å². The fraction of sp³-hybridized carbons (Fsp3) is 0.469. The Kier molecular flexibility index (Phi) is 9.03. The summed E-state index contributed by atoms with van der Waals surface area (Å²) in [5.74, 6) is -1.05. The summed E-state index contributed by atoms with van der Waals surface area (Å²) in [4.78, 5) is 54.4. The molecule has 10 nitrogen and oxygen atoms in total. The van der Waals surface area contributed by atoms with E-state index in [1.54, 1.807) is 49.6 Å². The third-order valence-electron chi connectivity index (χ3n) is 6.96. The van der Waals surface area contributed by atoms with Crippen LogP contribution in [0, 0.1) is 0 Å². The van der Waals surface area contributed by atoms with Crippen LogP contribution in [0.4, 0.5) is 4.79 Å². The summed E-state index contributed by atoms with van der Waals surface area (Å²) in [6.45, 7) is 13.0. The maximum Gasteiger partial charge on any atom is 0.514 e. The average molecular weight is 579 g/mol. The first-order valence-electron chi connectivity index (χ1n) is 14.4. The first kappa shape index (κ1) is 30.7. The first-order valence-corrected chi connectivity index (χ1v) is 14.4. The second-order valence-electron chi connectivity index (χ2n) is 11.3. The molecule has 1 aromatic carbocycles. The van der Waals surface area contributed by atoms with Crippen LogP contribution in [0.5, 0.6) is 5.75 Å². The lowest BCUT2D eigenvalue weighted by Gasteiger charge is -2.24. The molecule has 1 atom stereocenters. The molecule has 2 aliphatic rings. The van der Waals surface area contributed by atoms with Crippen molar-refractivity contribution >= 4 is 29.0 Å². The van der Waals surface area contributed by atoms with E-state index in [4.69, 9.17) is 23.9 Å². The number of carbonyl (C=O) groups is 3. The van der Waals surface area contributed by atoms with Crippen LogP contribution in [0.25, 0.3) is 22.3 Å². The van der Waals surface area contributed by atoms with Gasteiger partial charge in [-0.25, -0.2) is 14.6 Å². The molecule has 0 radical (unpaired) electrons. The van der Waals surface area contributed by atoms with E-state index in [0.717, 1.165) is 16.5 Å². The quantitative estimate of drug-likeness (QED) is 0.156. The van der Waals surface area contributed by atoms with E-state index < -0.39 is 29.8 Å². The Bertz CT molecular complexity index is 1600. The summed E-state index contributed by atoms with van der Waals surface area (Å²) >= 11 is 0. The van der Waals surface area contributed by atoms with Crippen LogP contribution in [0.2, 0.25) is 0 Å². The van der Waals surface area contributed by atoms with Crippen LogP contribution < -0.4 is 10.3 Å². The molecule has 0 saturated carbocycles. The van der Waals surface area contributed by atoms with Crippen LogP contribution in [0.3, 0.4) is 0 Å². The Morgan fingerprint density at radius 1 is 1.07 bits per heavy atom. The molecule has 0 aliphatic carbocycles. The predicted molar refractivity (Wildman–Crippen MR) is 156 cm³/mol. The van der Waals surface area contributed by atoms with Crippen LogP contribution in [-0.4, -0.2) is 33.2 Å². The van der Waals surface area contributed by atoms with Gasteiger partial charge in [-0.05, 0) is 57.0 Å². The predicted octanol–water partition coefficient (Wildman–Crippen LogP) is 6.16. The van der Waals surface area contributed by atoms with E-state index in [0.29, 0.717) is 34.6 Å². The molecule has 3 aromatic rings. The number of esters is 2. The summed E-state index contributed by atoms with van der Waals surface area (Å²) < 4.78 is 22.5. The molecule has 0 bridgehead atoms. The zero-order valence-electron chi connectivity index (χ0n) is 25.3. The van der Waals surface area contributed by atoms with Gasteiger partial charge in [0.05, 0.1) is 29.0 Å². The van der Waals surface area contributed by atoms with E-state index in [9.17, 15) is 19.2 Å². The highest BCUT2D eigenvalue weighted by molar-refractivity contribution is 5.90. The number of fused-ring (bicyclic) bond motifs is 5. The molecule has 0 saturated heterocycles. The average Bonchev–Trinajstić information content (AvgIpc) is 3.27. The molecule has 2 aliphatic heterocycles. The summed E-state index contributed by atoms with van der Waals surface area (Å²) in [5.41, 5.74) is 3.21. The standard InChI is InChI=1S/C27H26N2O8.C5H12/c1-6-15-16-9-14(36-26(33)37-27(3,4)5)7-8-20(16)28-22-18(15)11-29-21(22)10-17-19(24(29)31)12-34-25(32)23(17)35-13(2)30;1-3-5-4-2/h7-10,23H,6,11-12H2,1-5H3;3-5H2,1-2H3/t23-;/m0./s1. The van der Waals surface area contributed by atoms with Crippen LogP contribution in [0.15, 0.2) is 29.1 Å². The summed E-state index contributed by atoms with van der Waals surface area (Å²) in [6.07, 6.45) is 2.61. The zero-order chi connectivity index (χ0) is 30.8. The number of benzene rings is 1. The highest BCUT2D eigenvalue weighted by Crippen LogP contribution is 2.39. The van der Waals surface area contributed by atoms with E-state index in [1.807, 2.05) is 6.92 Å². The number of hydrogen-bond donors (Lipinski definition) is 0. The fourth-order valence-corrected chi connectivity index (χ4v) is 5.14. The van der Waals surface area contributed by atoms with Gasteiger partial charge in [-0.1, -0.05) is 40.0 Å². The molecular weight excluding hydrogens is 540 g/mol. The van der Waals surface area contributed by atoms with Crippen LogP contribution >= 0.6 is 0 Å². The van der Waals surface area contributed by atoms with Gasteiger partial charge in [0, 0.05) is 23.4 Å². The van der Waals surface area contributed by atoms with Crippen molar-refractivity contribution in [2.75, 3.05) is 0 Å². The Labute approximate surface area is 244 Å². The fourth-order valence-electron chi connectivity index (χ4n) is 5.14. The van der Waals surface area contributed by atoms with Gasteiger partial charge in [-0.2, -0.15) is 0 Å². The number of rotatable bonds is 5. The highest BCUT2D eigenvalue weighted by Gasteiger charge is 2.37. The van der Waals surface area contributed by atoms with Gasteiger partial charge in [-0.3, -0.25) is 9.59 Å². The van der Waals surface area contributed by atoms with Crippen molar-refractivity contribution in [3.8, 4) is 17.1 Å². The van der Waals surface area contributed by atoms with Crippen molar-refractivity contribution in [3.05, 3.63) is 56.9 Å². The minimum atomic E-state index is -1.30. The van der Waals surface area contributed by atoms with Gasteiger partial charge in [0.15, 0.2) is 0 Å². The van der Waals surface area contributed by atoms with Crippen molar-refractivity contribution in [2.45, 2.75) is 99.0 Å². The van der Waals surface area contributed by atoms with Crippen molar-refractivity contribution < 1.29 is 33.3 Å². The maximum absolute atomic E-state index is 13.4. The minimum absolute atomic E-state index is 0.192. The number of nitrogens with zero attached hydrogens (tertiary/aromatic N) is 2. The van der Waals surface area contributed by atoms with E-state index in [-0.39, 0.29) is 24.3 Å². The van der Waals surface area contributed by atoms with Gasteiger partial charge < -0.3 is 23.5 Å². The lowest BCUT2D eigenvalue weighted by atomic mass is 9.97. The number of ether oxygens (including phenoxy) is 4. The number of unbranched alkanes of at least 4 members (excludes halogenated alkanes) is 2. The minimum Gasteiger partial charge on any atom is -0.458 e. The monoisotopic (exact) mass is 578 g/mol. The summed E-state index contributed by atoms with van der Waals surface area (Å²) in [7, 11) is 0. The van der Waals surface area contributed by atoms with Gasteiger partial charge in [0.1, 0.15) is 18.0 Å². The molecule has 0 N–H and O–H groups in total. The smallest absolute Gasteiger partial charge is 0.458 e. The number of aromatic nitrogens is 2. The highest BCUT2D eigenvalue weighted by atomic mass is 16.7. The molecular formula is C32H38N2O8. The molecule has 5 rings (SSSR count). The Hall–Kier alpha value is -4.21. The summed E-state index contributed by atoms with van der Waals surface area (Å²) in [5, 5.41) is 0.796. The molecule has 0 spiro atoms. The first-order chi connectivity index (χ1) is 19.9. The third kappa shape index (κ3) is 6.32. The molecule has 0 fully saturated rings. The van der Waals surface area contributed by atoms with E-state index in [1.165, 1.54) is 26.2 Å². The molecule has 4 heterocycles. The zero-order valence-corrected chi connectivity index (χ0v) is 25.3. The topological polar surface area (TPSA) is 123 Å². The third-order valence-corrected chi connectivity index (χ3v) is 6.96. The van der Waals surface area contributed by atoms with E-state index in [2.05, 4.69) is 13.8 Å². The number of pyridine rings is 2. The Morgan fingerprint density at radius 2 is 1.79 bits per heavy atom. The van der Waals surface area contributed by atoms with Crippen molar-refractivity contribution in [3.63, 3.8) is 0 Å². The van der Waals surface area contributed by atoms with Crippen molar-refractivity contribution in [1.82, 2.24) is 9.55 Å². The van der Waals surface area contributed by atoms with Crippen LogP contribution in [-0.2, 0) is 43.4 Å². The lowest BCUT2D eigenvalue weighted by Crippen LogP contribution is -2.34. The van der Waals surface area contributed by atoms with Gasteiger partial charge in [0.2, 0.25) is 6.10 Å². The Morgan fingerprint density at radius 3 is 2.38 bits per heavy atom. The van der Waals surface area contributed by atoms with Gasteiger partial charge >= 0.3 is 18.1 Å². The van der Waals surface area contributed by atoms with E-state index >= 15 is 0 Å². The normalized spacial score (nSPS) is 15.0. The number of carbonyl (C=O) groups excluding carboxylic acids is 3. The Balaban J connectivity index is 0.000000748. The summed E-state index contributed by atoms with van der Waals surface area (Å²) in [6, 6.07) is 6.81. The van der Waals surface area contributed by atoms with Gasteiger partial charge in [0.25, 0.3) is 5.56 Å². The molecule has 0 amide bonds.